The summed E-state index contributed by atoms with van der Waals surface area (Å²) in [5.74, 6) is 0. The summed E-state index contributed by atoms with van der Waals surface area (Å²) in [5, 5.41) is 0.588. The quantitative estimate of drug-likeness (QED) is 0.664. The first-order chi connectivity index (χ1) is 5.93. The van der Waals surface area contributed by atoms with E-state index in [0.29, 0.717) is 5.38 Å². The van der Waals surface area contributed by atoms with E-state index < -0.39 is 0 Å². The average Bonchev–Trinajstić information content (AvgIpc) is 1.98. The SMILES string of the molecule is CC(C)Cl.CCN(CC)CC(C)Cl. The molecule has 0 fully saturated rings. The van der Waals surface area contributed by atoms with Gasteiger partial charge in [0, 0.05) is 17.3 Å². The summed E-state index contributed by atoms with van der Waals surface area (Å²) >= 11 is 11.1. The molecule has 0 aliphatic heterocycles. The normalized spacial score (nSPS) is 12.7. The molecule has 0 saturated heterocycles. The van der Waals surface area contributed by atoms with Crippen LogP contribution < -0.4 is 0 Å². The number of hydrogen-bond donors (Lipinski definition) is 0. The van der Waals surface area contributed by atoms with Crippen molar-refractivity contribution in [2.75, 3.05) is 19.6 Å². The second kappa shape index (κ2) is 10.6. The van der Waals surface area contributed by atoms with Gasteiger partial charge in [-0.15, -0.1) is 23.2 Å². The van der Waals surface area contributed by atoms with E-state index in [2.05, 4.69) is 18.7 Å². The van der Waals surface area contributed by atoms with E-state index in [1.165, 1.54) is 0 Å². The molecule has 0 aromatic heterocycles. The van der Waals surface area contributed by atoms with E-state index >= 15 is 0 Å². The van der Waals surface area contributed by atoms with Crippen molar-refractivity contribution >= 4 is 23.2 Å². The van der Waals surface area contributed by atoms with Gasteiger partial charge in [-0.25, -0.2) is 0 Å². The van der Waals surface area contributed by atoms with Crippen LogP contribution in [0.2, 0.25) is 0 Å². The zero-order valence-electron chi connectivity index (χ0n) is 9.48. The first kappa shape index (κ1) is 16.0. The highest BCUT2D eigenvalue weighted by Gasteiger charge is 2.01. The molecule has 0 saturated carbocycles. The van der Waals surface area contributed by atoms with E-state index in [-0.39, 0.29) is 5.38 Å². The third-order valence-corrected chi connectivity index (χ3v) is 1.54. The Morgan fingerprint density at radius 1 is 1.00 bits per heavy atom. The zero-order valence-corrected chi connectivity index (χ0v) is 11.0. The lowest BCUT2D eigenvalue weighted by molar-refractivity contribution is 0.307. The van der Waals surface area contributed by atoms with Gasteiger partial charge in [0.1, 0.15) is 0 Å². The number of rotatable bonds is 4. The maximum Gasteiger partial charge on any atom is 0.0435 e. The van der Waals surface area contributed by atoms with Crippen LogP contribution in [-0.2, 0) is 0 Å². The fraction of sp³-hybridized carbons (Fsp3) is 1.00. The molecule has 13 heavy (non-hydrogen) atoms. The standard InChI is InChI=1S/C7H16ClN.C3H7Cl/c1-4-9(5-2)6-7(3)8;1-3(2)4/h7H,4-6H2,1-3H3;3H,1-2H3. The molecule has 1 unspecified atom stereocenters. The highest BCUT2D eigenvalue weighted by Crippen LogP contribution is 1.97. The van der Waals surface area contributed by atoms with E-state index in [4.69, 9.17) is 23.2 Å². The number of alkyl halides is 2. The van der Waals surface area contributed by atoms with Gasteiger partial charge < -0.3 is 4.90 Å². The van der Waals surface area contributed by atoms with Gasteiger partial charge in [0.2, 0.25) is 0 Å². The monoisotopic (exact) mass is 227 g/mol. The molecule has 0 N–H and O–H groups in total. The predicted molar refractivity (Wildman–Crippen MR) is 64.1 cm³/mol. The predicted octanol–water partition coefficient (Wildman–Crippen LogP) is 3.59. The highest BCUT2D eigenvalue weighted by atomic mass is 35.5. The Balaban J connectivity index is 0. The Hall–Kier alpha value is 0.540. The molecule has 0 spiro atoms. The van der Waals surface area contributed by atoms with Crippen molar-refractivity contribution in [1.29, 1.82) is 0 Å². The van der Waals surface area contributed by atoms with Crippen LogP contribution in [0.25, 0.3) is 0 Å². The van der Waals surface area contributed by atoms with Crippen molar-refractivity contribution in [3.8, 4) is 0 Å². The van der Waals surface area contributed by atoms with Gasteiger partial charge in [0.05, 0.1) is 0 Å². The van der Waals surface area contributed by atoms with Crippen LogP contribution in [-0.4, -0.2) is 35.3 Å². The fourth-order valence-corrected chi connectivity index (χ4v) is 1.03. The molecule has 82 valence electrons. The lowest BCUT2D eigenvalue weighted by Crippen LogP contribution is -2.28. The molecule has 0 rings (SSSR count). The molecule has 0 aromatic carbocycles. The van der Waals surface area contributed by atoms with Gasteiger partial charge in [0.25, 0.3) is 0 Å². The number of hydrogen-bond acceptors (Lipinski definition) is 1. The maximum atomic E-state index is 5.79. The van der Waals surface area contributed by atoms with Crippen LogP contribution in [0.1, 0.15) is 34.6 Å². The van der Waals surface area contributed by atoms with Crippen LogP contribution in [0, 0.1) is 0 Å². The third kappa shape index (κ3) is 19.1. The van der Waals surface area contributed by atoms with Gasteiger partial charge in [-0.05, 0) is 33.9 Å². The minimum absolute atomic E-state index is 0.282. The average molecular weight is 228 g/mol. The minimum atomic E-state index is 0.282. The Kier molecular flexibility index (Phi) is 13.1. The first-order valence-corrected chi connectivity index (χ1v) is 5.81. The van der Waals surface area contributed by atoms with E-state index in [1.54, 1.807) is 0 Å². The topological polar surface area (TPSA) is 3.24 Å². The van der Waals surface area contributed by atoms with Gasteiger partial charge in [-0.2, -0.15) is 0 Å². The summed E-state index contributed by atoms with van der Waals surface area (Å²) in [7, 11) is 0. The molecule has 0 aliphatic rings. The smallest absolute Gasteiger partial charge is 0.0435 e. The Labute approximate surface area is 93.4 Å². The van der Waals surface area contributed by atoms with Crippen LogP contribution in [0.15, 0.2) is 0 Å². The third-order valence-electron chi connectivity index (χ3n) is 1.40. The second-order valence-electron chi connectivity index (χ2n) is 3.28. The molecule has 0 radical (unpaired) electrons. The van der Waals surface area contributed by atoms with Crippen molar-refractivity contribution in [2.45, 2.75) is 45.4 Å². The molecule has 0 heterocycles. The summed E-state index contributed by atoms with van der Waals surface area (Å²) in [6.07, 6.45) is 0. The van der Waals surface area contributed by atoms with E-state index in [0.717, 1.165) is 19.6 Å². The van der Waals surface area contributed by atoms with Crippen molar-refractivity contribution < 1.29 is 0 Å². The van der Waals surface area contributed by atoms with Crippen LogP contribution >= 0.6 is 23.2 Å². The van der Waals surface area contributed by atoms with Gasteiger partial charge in [-0.1, -0.05) is 13.8 Å². The molecule has 0 bridgehead atoms. The van der Waals surface area contributed by atoms with Crippen molar-refractivity contribution in [3.05, 3.63) is 0 Å². The Morgan fingerprint density at radius 2 is 1.31 bits per heavy atom. The van der Waals surface area contributed by atoms with Crippen LogP contribution in [0.4, 0.5) is 0 Å². The summed E-state index contributed by atoms with van der Waals surface area (Å²) in [6, 6.07) is 0. The summed E-state index contributed by atoms with van der Waals surface area (Å²) < 4.78 is 0. The molecular formula is C10H23Cl2N. The number of nitrogens with zero attached hydrogens (tertiary/aromatic N) is 1. The lowest BCUT2D eigenvalue weighted by atomic mass is 10.4. The highest BCUT2D eigenvalue weighted by molar-refractivity contribution is 6.20. The molecular weight excluding hydrogens is 205 g/mol. The summed E-state index contributed by atoms with van der Waals surface area (Å²) in [6.45, 7) is 13.4. The molecule has 0 aliphatic carbocycles. The largest absolute Gasteiger partial charge is 0.302 e. The second-order valence-corrected chi connectivity index (χ2v) is 4.90. The van der Waals surface area contributed by atoms with Crippen molar-refractivity contribution in [1.82, 2.24) is 4.90 Å². The summed E-state index contributed by atoms with van der Waals surface area (Å²) in [4.78, 5) is 2.32. The van der Waals surface area contributed by atoms with Crippen molar-refractivity contribution in [2.24, 2.45) is 0 Å². The van der Waals surface area contributed by atoms with Gasteiger partial charge in [-0.3, -0.25) is 0 Å². The molecule has 0 aromatic rings. The number of halogens is 2. The van der Waals surface area contributed by atoms with E-state index in [9.17, 15) is 0 Å². The van der Waals surface area contributed by atoms with Gasteiger partial charge in [0.15, 0.2) is 0 Å². The Morgan fingerprint density at radius 3 is 1.38 bits per heavy atom. The molecule has 1 nitrogen and oxygen atoms in total. The first-order valence-electron chi connectivity index (χ1n) is 4.94. The molecule has 1 atom stereocenters. The van der Waals surface area contributed by atoms with Crippen molar-refractivity contribution in [3.63, 3.8) is 0 Å². The fourth-order valence-electron chi connectivity index (χ4n) is 0.838. The maximum absolute atomic E-state index is 5.79. The van der Waals surface area contributed by atoms with Gasteiger partial charge >= 0.3 is 0 Å². The molecule has 3 heteroatoms. The van der Waals surface area contributed by atoms with Crippen LogP contribution in [0.5, 0.6) is 0 Å². The minimum Gasteiger partial charge on any atom is -0.302 e. The Bertz CT molecular complexity index is 88.2. The zero-order chi connectivity index (χ0) is 10.9. The lowest BCUT2D eigenvalue weighted by Gasteiger charge is -2.18. The molecule has 0 amide bonds. The van der Waals surface area contributed by atoms with Crippen LogP contribution in [0.3, 0.4) is 0 Å². The summed E-state index contributed by atoms with van der Waals surface area (Å²) in [5.41, 5.74) is 0. The van der Waals surface area contributed by atoms with E-state index in [1.807, 2.05) is 20.8 Å².